The predicted octanol–water partition coefficient (Wildman–Crippen LogP) is 2.81. The molecule has 1 aliphatic carbocycles. The maximum Gasteiger partial charge on any atom is 0.234 e. The SMILES string of the molecule is CN(CC(=O)NCC1CCCCC1)Cc1ccccc1. The molecule has 0 aromatic heterocycles. The predicted molar refractivity (Wildman–Crippen MR) is 82.4 cm³/mol. The van der Waals surface area contributed by atoms with Gasteiger partial charge in [0.15, 0.2) is 0 Å². The summed E-state index contributed by atoms with van der Waals surface area (Å²) in [7, 11) is 1.99. The molecule has 0 spiro atoms. The van der Waals surface area contributed by atoms with Crippen molar-refractivity contribution in [2.24, 2.45) is 5.92 Å². The summed E-state index contributed by atoms with van der Waals surface area (Å²) in [6.07, 6.45) is 6.58. The van der Waals surface area contributed by atoms with Crippen molar-refractivity contribution < 1.29 is 4.79 Å². The molecule has 1 N–H and O–H groups in total. The van der Waals surface area contributed by atoms with E-state index < -0.39 is 0 Å². The fourth-order valence-corrected chi connectivity index (χ4v) is 2.90. The number of hydrogen-bond acceptors (Lipinski definition) is 2. The van der Waals surface area contributed by atoms with Crippen LogP contribution in [0.3, 0.4) is 0 Å². The van der Waals surface area contributed by atoms with Crippen molar-refractivity contribution >= 4 is 5.91 Å². The third kappa shape index (κ3) is 5.33. The number of likely N-dealkylation sites (N-methyl/N-ethyl adjacent to an activating group) is 1. The molecule has 0 saturated heterocycles. The molecule has 3 nitrogen and oxygen atoms in total. The van der Waals surface area contributed by atoms with E-state index in [9.17, 15) is 4.79 Å². The third-order valence-corrected chi connectivity index (χ3v) is 4.02. The lowest BCUT2D eigenvalue weighted by atomic mass is 9.89. The Labute approximate surface area is 122 Å². The monoisotopic (exact) mass is 274 g/mol. The van der Waals surface area contributed by atoms with Crippen molar-refractivity contribution in [3.8, 4) is 0 Å². The molecular weight excluding hydrogens is 248 g/mol. The standard InChI is InChI=1S/C17H26N2O/c1-19(13-16-10-6-3-7-11-16)14-17(20)18-12-15-8-4-2-5-9-15/h3,6-7,10-11,15H,2,4-5,8-9,12-14H2,1H3,(H,18,20). The number of carbonyl (C=O) groups is 1. The van der Waals surface area contributed by atoms with E-state index in [2.05, 4.69) is 22.3 Å². The van der Waals surface area contributed by atoms with Crippen molar-refractivity contribution in [2.75, 3.05) is 20.1 Å². The van der Waals surface area contributed by atoms with Crippen LogP contribution in [0.15, 0.2) is 30.3 Å². The van der Waals surface area contributed by atoms with Gasteiger partial charge < -0.3 is 5.32 Å². The zero-order chi connectivity index (χ0) is 14.2. The van der Waals surface area contributed by atoms with Crippen LogP contribution < -0.4 is 5.32 Å². The number of carbonyl (C=O) groups excluding carboxylic acids is 1. The smallest absolute Gasteiger partial charge is 0.234 e. The largest absolute Gasteiger partial charge is 0.355 e. The van der Waals surface area contributed by atoms with Gasteiger partial charge in [-0.1, -0.05) is 49.6 Å². The normalized spacial score (nSPS) is 16.3. The minimum absolute atomic E-state index is 0.147. The van der Waals surface area contributed by atoms with Crippen LogP contribution in [0.4, 0.5) is 0 Å². The van der Waals surface area contributed by atoms with Gasteiger partial charge in [-0.2, -0.15) is 0 Å². The first-order valence-electron chi connectivity index (χ1n) is 7.73. The Bertz CT molecular complexity index is 399. The summed E-state index contributed by atoms with van der Waals surface area (Å²) in [5, 5.41) is 3.09. The number of rotatable bonds is 6. The van der Waals surface area contributed by atoms with Gasteiger partial charge in [0.05, 0.1) is 6.54 Å². The fourth-order valence-electron chi connectivity index (χ4n) is 2.90. The first-order valence-corrected chi connectivity index (χ1v) is 7.73. The average Bonchev–Trinajstić information content (AvgIpc) is 2.47. The first kappa shape index (κ1) is 15.0. The summed E-state index contributed by atoms with van der Waals surface area (Å²) in [6.45, 7) is 2.15. The van der Waals surface area contributed by atoms with E-state index in [1.54, 1.807) is 0 Å². The van der Waals surface area contributed by atoms with E-state index in [0.29, 0.717) is 12.5 Å². The third-order valence-electron chi connectivity index (χ3n) is 4.02. The second kappa shape index (κ2) is 8.05. The zero-order valence-electron chi connectivity index (χ0n) is 12.5. The number of benzene rings is 1. The van der Waals surface area contributed by atoms with Crippen LogP contribution in [-0.2, 0) is 11.3 Å². The summed E-state index contributed by atoms with van der Waals surface area (Å²) in [5.74, 6) is 0.848. The molecule has 20 heavy (non-hydrogen) atoms. The maximum absolute atomic E-state index is 11.9. The van der Waals surface area contributed by atoms with Crippen molar-refractivity contribution in [3.05, 3.63) is 35.9 Å². The molecule has 0 aliphatic heterocycles. The van der Waals surface area contributed by atoms with Crippen molar-refractivity contribution in [3.63, 3.8) is 0 Å². The number of nitrogens with zero attached hydrogens (tertiary/aromatic N) is 1. The Kier molecular flexibility index (Phi) is 6.06. The van der Waals surface area contributed by atoms with Crippen LogP contribution in [0.5, 0.6) is 0 Å². The Hall–Kier alpha value is -1.35. The maximum atomic E-state index is 11.9. The first-order chi connectivity index (χ1) is 9.74. The Morgan fingerprint density at radius 1 is 1.20 bits per heavy atom. The molecule has 0 heterocycles. The second-order valence-electron chi connectivity index (χ2n) is 5.97. The lowest BCUT2D eigenvalue weighted by Crippen LogP contribution is -2.37. The van der Waals surface area contributed by atoms with E-state index in [4.69, 9.17) is 0 Å². The van der Waals surface area contributed by atoms with Crippen molar-refractivity contribution in [1.29, 1.82) is 0 Å². The zero-order valence-corrected chi connectivity index (χ0v) is 12.5. The highest BCUT2D eigenvalue weighted by atomic mass is 16.2. The van der Waals surface area contributed by atoms with Gasteiger partial charge in [0.1, 0.15) is 0 Å². The van der Waals surface area contributed by atoms with Gasteiger partial charge in [0, 0.05) is 13.1 Å². The fraction of sp³-hybridized carbons (Fsp3) is 0.588. The van der Waals surface area contributed by atoms with Gasteiger partial charge in [-0.3, -0.25) is 9.69 Å². The molecule has 1 aliphatic rings. The average molecular weight is 274 g/mol. The van der Waals surface area contributed by atoms with Crippen LogP contribution in [-0.4, -0.2) is 30.9 Å². The molecule has 0 atom stereocenters. The summed E-state index contributed by atoms with van der Waals surface area (Å²) in [4.78, 5) is 14.0. The summed E-state index contributed by atoms with van der Waals surface area (Å²) in [6, 6.07) is 10.3. The van der Waals surface area contributed by atoms with Crippen LogP contribution >= 0.6 is 0 Å². The second-order valence-corrected chi connectivity index (χ2v) is 5.97. The van der Waals surface area contributed by atoms with Gasteiger partial charge >= 0.3 is 0 Å². The number of amides is 1. The summed E-state index contributed by atoms with van der Waals surface area (Å²) < 4.78 is 0. The van der Waals surface area contributed by atoms with E-state index in [1.165, 1.54) is 37.7 Å². The van der Waals surface area contributed by atoms with E-state index in [0.717, 1.165) is 13.1 Å². The summed E-state index contributed by atoms with van der Waals surface area (Å²) in [5.41, 5.74) is 1.25. The number of hydrogen-bond donors (Lipinski definition) is 1. The quantitative estimate of drug-likeness (QED) is 0.865. The molecule has 110 valence electrons. The Morgan fingerprint density at radius 2 is 1.90 bits per heavy atom. The highest BCUT2D eigenvalue weighted by molar-refractivity contribution is 5.77. The minimum atomic E-state index is 0.147. The minimum Gasteiger partial charge on any atom is -0.355 e. The van der Waals surface area contributed by atoms with Crippen LogP contribution in [0.25, 0.3) is 0 Å². The highest BCUT2D eigenvalue weighted by Crippen LogP contribution is 2.22. The van der Waals surface area contributed by atoms with Gasteiger partial charge in [0.2, 0.25) is 5.91 Å². The van der Waals surface area contributed by atoms with Crippen LogP contribution in [0.1, 0.15) is 37.7 Å². The molecule has 0 bridgehead atoms. The lowest BCUT2D eigenvalue weighted by molar-refractivity contribution is -0.122. The Morgan fingerprint density at radius 3 is 2.60 bits per heavy atom. The van der Waals surface area contributed by atoms with Crippen LogP contribution in [0, 0.1) is 5.92 Å². The van der Waals surface area contributed by atoms with Gasteiger partial charge in [0.25, 0.3) is 0 Å². The van der Waals surface area contributed by atoms with Crippen molar-refractivity contribution in [2.45, 2.75) is 38.6 Å². The molecule has 1 amide bonds. The van der Waals surface area contributed by atoms with Crippen LogP contribution in [0.2, 0.25) is 0 Å². The topological polar surface area (TPSA) is 32.3 Å². The van der Waals surface area contributed by atoms with Gasteiger partial charge in [-0.05, 0) is 31.4 Å². The molecule has 1 saturated carbocycles. The molecular formula is C17H26N2O. The molecule has 1 fully saturated rings. The van der Waals surface area contributed by atoms with Gasteiger partial charge in [-0.15, -0.1) is 0 Å². The van der Waals surface area contributed by atoms with E-state index >= 15 is 0 Å². The van der Waals surface area contributed by atoms with Gasteiger partial charge in [-0.25, -0.2) is 0 Å². The summed E-state index contributed by atoms with van der Waals surface area (Å²) >= 11 is 0. The molecule has 3 heteroatoms. The van der Waals surface area contributed by atoms with Crippen molar-refractivity contribution in [1.82, 2.24) is 10.2 Å². The highest BCUT2D eigenvalue weighted by Gasteiger charge is 2.14. The van der Waals surface area contributed by atoms with E-state index in [-0.39, 0.29) is 5.91 Å². The number of nitrogens with one attached hydrogen (secondary N) is 1. The lowest BCUT2D eigenvalue weighted by Gasteiger charge is -2.22. The molecule has 2 rings (SSSR count). The molecule has 1 aromatic carbocycles. The molecule has 0 unspecified atom stereocenters. The Balaban J connectivity index is 1.65. The molecule has 0 radical (unpaired) electrons. The molecule has 1 aromatic rings. The van der Waals surface area contributed by atoms with E-state index in [1.807, 2.05) is 25.2 Å².